The third-order valence-corrected chi connectivity index (χ3v) is 2.83. The van der Waals surface area contributed by atoms with Gasteiger partial charge in [-0.2, -0.15) is 13.2 Å². The normalized spacial score (nSPS) is 11.5. The molecule has 0 heterocycles. The number of primary amides is 1. The fourth-order valence-electron chi connectivity index (χ4n) is 1.85. The maximum atomic E-state index is 12.7. The zero-order valence-electron chi connectivity index (χ0n) is 11.4. The molecule has 0 atom stereocenters. The minimum absolute atomic E-state index is 0.0629. The molecule has 0 aliphatic rings. The van der Waals surface area contributed by atoms with Gasteiger partial charge < -0.3 is 15.7 Å². The molecule has 0 aliphatic carbocycles. The number of carboxylic acids is 1. The van der Waals surface area contributed by atoms with E-state index in [0.29, 0.717) is 6.07 Å². The summed E-state index contributed by atoms with van der Waals surface area (Å²) in [5.74, 6) is -2.22. The van der Waals surface area contributed by atoms with E-state index in [1.54, 1.807) is 13.8 Å². The molecular weight excluding hydrogens is 289 g/mol. The maximum absolute atomic E-state index is 12.7. The number of nitrogens with two attached hydrogens (primary N) is 1. The number of benzene rings is 1. The SMILES string of the molecule is CC(C)N(CC(=O)O)c1ccc(C(F)(F)F)cc1C(N)=O. The molecule has 0 saturated carbocycles. The largest absolute Gasteiger partial charge is 0.480 e. The molecule has 5 nitrogen and oxygen atoms in total. The van der Waals surface area contributed by atoms with Gasteiger partial charge >= 0.3 is 12.1 Å². The number of carbonyl (C=O) groups is 2. The molecule has 0 spiro atoms. The van der Waals surface area contributed by atoms with Crippen molar-refractivity contribution in [1.82, 2.24) is 0 Å². The Morgan fingerprint density at radius 1 is 1.33 bits per heavy atom. The molecule has 0 unspecified atom stereocenters. The van der Waals surface area contributed by atoms with Gasteiger partial charge in [0.05, 0.1) is 16.8 Å². The zero-order chi connectivity index (χ0) is 16.4. The minimum Gasteiger partial charge on any atom is -0.480 e. The molecule has 0 aromatic heterocycles. The van der Waals surface area contributed by atoms with Gasteiger partial charge in [0.25, 0.3) is 5.91 Å². The molecule has 0 fully saturated rings. The average molecular weight is 304 g/mol. The van der Waals surface area contributed by atoms with E-state index in [9.17, 15) is 22.8 Å². The van der Waals surface area contributed by atoms with Crippen molar-refractivity contribution in [2.24, 2.45) is 5.73 Å². The molecule has 3 N–H and O–H groups in total. The summed E-state index contributed by atoms with van der Waals surface area (Å²) < 4.78 is 38.0. The Kier molecular flexibility index (Phi) is 4.82. The number of halogens is 3. The summed E-state index contributed by atoms with van der Waals surface area (Å²) in [6, 6.07) is 2.15. The number of nitrogens with zero attached hydrogens (tertiary/aromatic N) is 1. The number of aliphatic carboxylic acids is 1. The first-order valence-corrected chi connectivity index (χ1v) is 6.03. The molecule has 0 bridgehead atoms. The molecule has 1 aromatic rings. The number of hydrogen-bond acceptors (Lipinski definition) is 3. The Labute approximate surface area is 119 Å². The zero-order valence-corrected chi connectivity index (χ0v) is 11.4. The number of rotatable bonds is 5. The van der Waals surface area contributed by atoms with Crippen molar-refractivity contribution in [3.8, 4) is 0 Å². The van der Waals surface area contributed by atoms with Crippen LogP contribution in [-0.2, 0) is 11.0 Å². The summed E-state index contributed by atoms with van der Waals surface area (Å²) in [6.07, 6.45) is -4.61. The summed E-state index contributed by atoms with van der Waals surface area (Å²) in [7, 11) is 0. The highest BCUT2D eigenvalue weighted by atomic mass is 19.4. The van der Waals surface area contributed by atoms with Crippen LogP contribution in [0.1, 0.15) is 29.8 Å². The Morgan fingerprint density at radius 3 is 2.29 bits per heavy atom. The fraction of sp³-hybridized carbons (Fsp3) is 0.385. The monoisotopic (exact) mass is 304 g/mol. The fourth-order valence-corrected chi connectivity index (χ4v) is 1.85. The molecule has 1 aromatic carbocycles. The maximum Gasteiger partial charge on any atom is 0.416 e. The van der Waals surface area contributed by atoms with E-state index in [1.165, 1.54) is 4.90 Å². The van der Waals surface area contributed by atoms with Crippen LogP contribution in [-0.4, -0.2) is 29.6 Å². The van der Waals surface area contributed by atoms with Gasteiger partial charge in [-0.25, -0.2) is 0 Å². The van der Waals surface area contributed by atoms with Crippen molar-refractivity contribution in [2.45, 2.75) is 26.1 Å². The quantitative estimate of drug-likeness (QED) is 0.872. The van der Waals surface area contributed by atoms with Gasteiger partial charge in [-0.3, -0.25) is 9.59 Å². The van der Waals surface area contributed by atoms with Gasteiger partial charge in [0.2, 0.25) is 0 Å². The van der Waals surface area contributed by atoms with E-state index in [2.05, 4.69) is 0 Å². The van der Waals surface area contributed by atoms with Crippen molar-refractivity contribution >= 4 is 17.6 Å². The van der Waals surface area contributed by atoms with Crippen LogP contribution in [0.3, 0.4) is 0 Å². The molecule has 0 radical (unpaired) electrons. The van der Waals surface area contributed by atoms with Gasteiger partial charge in [-0.15, -0.1) is 0 Å². The predicted molar refractivity (Wildman–Crippen MR) is 70.1 cm³/mol. The van der Waals surface area contributed by atoms with E-state index in [4.69, 9.17) is 10.8 Å². The Balaban J connectivity index is 3.40. The van der Waals surface area contributed by atoms with E-state index < -0.39 is 30.2 Å². The van der Waals surface area contributed by atoms with Crippen molar-refractivity contribution in [3.63, 3.8) is 0 Å². The van der Waals surface area contributed by atoms with Crippen molar-refractivity contribution < 1.29 is 27.9 Å². The van der Waals surface area contributed by atoms with Gasteiger partial charge in [-0.05, 0) is 32.0 Å². The molecule has 0 aliphatic heterocycles. The molecule has 21 heavy (non-hydrogen) atoms. The van der Waals surface area contributed by atoms with Crippen molar-refractivity contribution in [1.29, 1.82) is 0 Å². The van der Waals surface area contributed by atoms with Crippen LogP contribution in [0.25, 0.3) is 0 Å². The number of anilines is 1. The lowest BCUT2D eigenvalue weighted by atomic mass is 10.1. The second-order valence-electron chi connectivity index (χ2n) is 4.71. The number of carbonyl (C=O) groups excluding carboxylic acids is 1. The van der Waals surface area contributed by atoms with Gasteiger partial charge in [0, 0.05) is 6.04 Å². The van der Waals surface area contributed by atoms with Gasteiger partial charge in [0.15, 0.2) is 0 Å². The highest BCUT2D eigenvalue weighted by Gasteiger charge is 2.32. The van der Waals surface area contributed by atoms with Crippen LogP contribution < -0.4 is 10.6 Å². The summed E-state index contributed by atoms with van der Waals surface area (Å²) >= 11 is 0. The van der Waals surface area contributed by atoms with Crippen LogP contribution in [0.15, 0.2) is 18.2 Å². The van der Waals surface area contributed by atoms with Crippen LogP contribution in [0.5, 0.6) is 0 Å². The molecular formula is C13H15F3N2O3. The van der Waals surface area contributed by atoms with Crippen LogP contribution in [0.2, 0.25) is 0 Å². The summed E-state index contributed by atoms with van der Waals surface area (Å²) in [6.45, 7) is 2.86. The van der Waals surface area contributed by atoms with Crippen LogP contribution in [0.4, 0.5) is 18.9 Å². The Morgan fingerprint density at radius 2 is 1.90 bits per heavy atom. The first-order valence-electron chi connectivity index (χ1n) is 6.03. The van der Waals surface area contributed by atoms with E-state index in [0.717, 1.165) is 12.1 Å². The average Bonchev–Trinajstić information content (AvgIpc) is 2.33. The summed E-state index contributed by atoms with van der Waals surface area (Å²) in [5, 5.41) is 8.87. The molecule has 1 rings (SSSR count). The third kappa shape index (κ3) is 4.11. The number of alkyl halides is 3. The Hall–Kier alpha value is -2.25. The first-order chi connectivity index (χ1) is 9.54. The van der Waals surface area contributed by atoms with Crippen molar-refractivity contribution in [3.05, 3.63) is 29.3 Å². The third-order valence-electron chi connectivity index (χ3n) is 2.83. The van der Waals surface area contributed by atoms with Crippen LogP contribution >= 0.6 is 0 Å². The van der Waals surface area contributed by atoms with Crippen molar-refractivity contribution in [2.75, 3.05) is 11.4 Å². The second-order valence-corrected chi connectivity index (χ2v) is 4.71. The lowest BCUT2D eigenvalue weighted by Gasteiger charge is -2.29. The Bertz CT molecular complexity index is 556. The van der Waals surface area contributed by atoms with E-state index in [1.807, 2.05) is 0 Å². The lowest BCUT2D eigenvalue weighted by Crippen LogP contribution is -2.37. The number of amides is 1. The molecule has 116 valence electrons. The molecule has 0 saturated heterocycles. The lowest BCUT2D eigenvalue weighted by molar-refractivity contribution is -0.138. The highest BCUT2D eigenvalue weighted by molar-refractivity contribution is 5.99. The molecule has 8 heteroatoms. The van der Waals surface area contributed by atoms with Gasteiger partial charge in [0.1, 0.15) is 6.54 Å². The number of hydrogen-bond donors (Lipinski definition) is 2. The summed E-state index contributed by atoms with van der Waals surface area (Å²) in [5.41, 5.74) is 3.80. The second kappa shape index (κ2) is 6.02. The molecule has 1 amide bonds. The number of carboxylic acid groups (broad SMARTS) is 1. The van der Waals surface area contributed by atoms with Gasteiger partial charge in [-0.1, -0.05) is 0 Å². The van der Waals surface area contributed by atoms with E-state index in [-0.39, 0.29) is 17.3 Å². The topological polar surface area (TPSA) is 83.6 Å². The summed E-state index contributed by atoms with van der Waals surface area (Å²) in [4.78, 5) is 23.5. The smallest absolute Gasteiger partial charge is 0.416 e. The van der Waals surface area contributed by atoms with E-state index >= 15 is 0 Å². The standard InChI is InChI=1S/C13H15F3N2O3/c1-7(2)18(6-11(19)20)10-4-3-8(13(14,15)16)5-9(10)12(17)21/h3-5,7H,6H2,1-2H3,(H2,17,21)(H,19,20). The minimum atomic E-state index is -4.61. The van der Waals surface area contributed by atoms with Crippen LogP contribution in [0, 0.1) is 0 Å². The first kappa shape index (κ1) is 16.8. The highest BCUT2D eigenvalue weighted by Crippen LogP contribution is 2.33. The predicted octanol–water partition coefficient (Wildman–Crippen LogP) is 2.10.